The summed E-state index contributed by atoms with van der Waals surface area (Å²) >= 11 is 0. The standard InChI is InChI=1S/C19H28N2O3P/c20-12-18-8-4-7-16(11-18)9-10-21-13-19(22)15-25(23,24)14-17-5-2-1-3-6-17/h4,7-8,11,17,21,23-24H,1-3,5-6,9-10,13-15H2/q+1. The van der Waals surface area contributed by atoms with Gasteiger partial charge in [0.15, 0.2) is 11.9 Å². The maximum atomic E-state index is 12.0. The fourth-order valence-electron chi connectivity index (χ4n) is 3.44. The zero-order valence-electron chi connectivity index (χ0n) is 14.7. The highest BCUT2D eigenvalue weighted by molar-refractivity contribution is 7.65. The zero-order chi connectivity index (χ0) is 18.1. The van der Waals surface area contributed by atoms with Crippen LogP contribution >= 0.6 is 7.72 Å². The van der Waals surface area contributed by atoms with E-state index in [9.17, 15) is 14.6 Å². The van der Waals surface area contributed by atoms with Crippen LogP contribution in [0.1, 0.15) is 43.2 Å². The lowest BCUT2D eigenvalue weighted by atomic mass is 9.91. The predicted molar refractivity (Wildman–Crippen MR) is 100 cm³/mol. The van der Waals surface area contributed by atoms with E-state index in [4.69, 9.17) is 5.26 Å². The Hall–Kier alpha value is -1.31. The minimum atomic E-state index is -3.11. The number of Topliss-reactive ketones (excluding diaryl/α,β-unsaturated/α-hetero) is 1. The Balaban J connectivity index is 1.66. The number of hydrogen-bond donors (Lipinski definition) is 3. The van der Waals surface area contributed by atoms with Crippen LogP contribution in [0.25, 0.3) is 0 Å². The van der Waals surface area contributed by atoms with Gasteiger partial charge < -0.3 is 5.32 Å². The van der Waals surface area contributed by atoms with E-state index in [1.807, 2.05) is 18.2 Å². The molecule has 5 nitrogen and oxygen atoms in total. The molecule has 0 heterocycles. The summed E-state index contributed by atoms with van der Waals surface area (Å²) < 4.78 is 0. The molecule has 1 aliphatic rings. The third kappa shape index (κ3) is 7.63. The number of ketones is 1. The molecule has 0 aliphatic heterocycles. The summed E-state index contributed by atoms with van der Waals surface area (Å²) in [4.78, 5) is 32.4. The monoisotopic (exact) mass is 363 g/mol. The lowest BCUT2D eigenvalue weighted by Gasteiger charge is -2.23. The molecule has 1 saturated carbocycles. The minimum absolute atomic E-state index is 0.111. The Bertz CT molecular complexity index is 607. The molecule has 2 rings (SSSR count). The lowest BCUT2D eigenvalue weighted by molar-refractivity contribution is -0.116. The van der Waals surface area contributed by atoms with Crippen molar-refractivity contribution in [2.75, 3.05) is 25.4 Å². The fraction of sp³-hybridized carbons (Fsp3) is 0.579. The van der Waals surface area contributed by atoms with Crippen molar-refractivity contribution in [3.8, 4) is 6.07 Å². The third-order valence-corrected chi connectivity index (χ3v) is 6.63. The van der Waals surface area contributed by atoms with Crippen molar-refractivity contribution < 1.29 is 14.6 Å². The maximum Gasteiger partial charge on any atom is 0.275 e. The first-order valence-corrected chi connectivity index (χ1v) is 11.1. The van der Waals surface area contributed by atoms with Crippen molar-refractivity contribution in [2.24, 2.45) is 5.92 Å². The smallest absolute Gasteiger partial charge is 0.275 e. The normalized spacial score (nSPS) is 15.7. The molecule has 0 saturated heterocycles. The zero-order valence-corrected chi connectivity index (χ0v) is 15.5. The Labute approximate surface area is 150 Å². The van der Waals surface area contributed by atoms with Crippen LogP contribution in [-0.4, -0.2) is 41.0 Å². The first-order valence-electron chi connectivity index (χ1n) is 9.02. The van der Waals surface area contributed by atoms with Crippen LogP contribution in [0.2, 0.25) is 0 Å². The summed E-state index contributed by atoms with van der Waals surface area (Å²) in [6, 6.07) is 9.51. The maximum absolute atomic E-state index is 12.0. The topological polar surface area (TPSA) is 93.4 Å². The van der Waals surface area contributed by atoms with Gasteiger partial charge in [0.05, 0.1) is 18.2 Å². The van der Waals surface area contributed by atoms with Crippen LogP contribution < -0.4 is 5.32 Å². The Morgan fingerprint density at radius 1 is 1.28 bits per heavy atom. The van der Waals surface area contributed by atoms with Gasteiger partial charge in [-0.1, -0.05) is 31.4 Å². The Morgan fingerprint density at radius 3 is 2.76 bits per heavy atom. The van der Waals surface area contributed by atoms with Gasteiger partial charge in [0.1, 0.15) is 6.16 Å². The molecule has 136 valence electrons. The lowest BCUT2D eigenvalue weighted by Crippen LogP contribution is -2.29. The van der Waals surface area contributed by atoms with Gasteiger partial charge >= 0.3 is 0 Å². The second kappa shape index (κ2) is 9.99. The summed E-state index contributed by atoms with van der Waals surface area (Å²) in [5.41, 5.74) is 1.67. The first kappa shape index (κ1) is 20.0. The van der Waals surface area contributed by atoms with Crippen LogP contribution in [-0.2, 0) is 11.2 Å². The van der Waals surface area contributed by atoms with Crippen molar-refractivity contribution in [3.05, 3.63) is 35.4 Å². The number of carbonyl (C=O) groups is 1. The predicted octanol–water partition coefficient (Wildman–Crippen LogP) is 2.67. The van der Waals surface area contributed by atoms with E-state index in [0.29, 0.717) is 24.2 Å². The largest absolute Gasteiger partial charge is 0.310 e. The SMILES string of the molecule is N#Cc1cccc(CCNCC(=O)C[P+](O)(O)CC2CCCCC2)c1. The quantitative estimate of drug-likeness (QED) is 0.463. The summed E-state index contributed by atoms with van der Waals surface area (Å²) in [7, 11) is -3.11. The second-order valence-corrected chi connectivity index (χ2v) is 9.44. The van der Waals surface area contributed by atoms with Crippen molar-refractivity contribution in [3.63, 3.8) is 0 Å². The molecule has 25 heavy (non-hydrogen) atoms. The number of benzene rings is 1. The molecule has 0 unspecified atom stereocenters. The molecular weight excluding hydrogens is 335 g/mol. The highest BCUT2D eigenvalue weighted by Crippen LogP contribution is 2.52. The molecule has 0 atom stereocenters. The number of rotatable bonds is 9. The number of nitrogens with zero attached hydrogens (tertiary/aromatic N) is 1. The van der Waals surface area contributed by atoms with Gasteiger partial charge in [0.2, 0.25) is 0 Å². The van der Waals surface area contributed by atoms with E-state index >= 15 is 0 Å². The molecule has 1 aromatic carbocycles. The van der Waals surface area contributed by atoms with Crippen LogP contribution in [0.5, 0.6) is 0 Å². The molecule has 0 bridgehead atoms. The number of hydrogen-bond acceptors (Lipinski definition) is 5. The van der Waals surface area contributed by atoms with E-state index in [1.165, 1.54) is 6.42 Å². The Kier molecular flexibility index (Phi) is 7.99. The van der Waals surface area contributed by atoms with Crippen LogP contribution in [0, 0.1) is 17.2 Å². The molecule has 1 fully saturated rings. The second-order valence-electron chi connectivity index (χ2n) is 7.00. The summed E-state index contributed by atoms with van der Waals surface area (Å²) in [5, 5.41) is 11.9. The molecule has 6 heteroatoms. The highest BCUT2D eigenvalue weighted by Gasteiger charge is 2.39. The van der Waals surface area contributed by atoms with E-state index in [0.717, 1.165) is 37.7 Å². The van der Waals surface area contributed by atoms with E-state index < -0.39 is 7.72 Å². The highest BCUT2D eigenvalue weighted by atomic mass is 31.2. The number of carbonyl (C=O) groups excluding carboxylic acids is 1. The fourth-order valence-corrected chi connectivity index (χ4v) is 5.44. The van der Waals surface area contributed by atoms with E-state index in [1.54, 1.807) is 6.07 Å². The first-order chi connectivity index (χ1) is 12.0. The molecule has 1 aliphatic carbocycles. The molecule has 0 spiro atoms. The Morgan fingerprint density at radius 2 is 2.04 bits per heavy atom. The van der Waals surface area contributed by atoms with Gasteiger partial charge in [0.25, 0.3) is 7.72 Å². The van der Waals surface area contributed by atoms with Crippen LogP contribution in [0.3, 0.4) is 0 Å². The van der Waals surface area contributed by atoms with Crippen LogP contribution in [0.4, 0.5) is 0 Å². The van der Waals surface area contributed by atoms with E-state index in [2.05, 4.69) is 11.4 Å². The average molecular weight is 363 g/mol. The van der Waals surface area contributed by atoms with Gasteiger partial charge in [0, 0.05) is 0 Å². The average Bonchev–Trinajstić information content (AvgIpc) is 2.59. The van der Waals surface area contributed by atoms with Gasteiger partial charge in [-0.3, -0.25) is 4.79 Å². The molecule has 1 aromatic rings. The van der Waals surface area contributed by atoms with Gasteiger partial charge in [-0.25, -0.2) is 9.79 Å². The van der Waals surface area contributed by atoms with Crippen molar-refractivity contribution in [2.45, 2.75) is 38.5 Å². The van der Waals surface area contributed by atoms with E-state index in [-0.39, 0.29) is 18.5 Å². The minimum Gasteiger partial charge on any atom is -0.310 e. The van der Waals surface area contributed by atoms with Gasteiger partial charge in [-0.15, -0.1) is 0 Å². The van der Waals surface area contributed by atoms with Crippen molar-refractivity contribution >= 4 is 13.5 Å². The summed E-state index contributed by atoms with van der Waals surface area (Å²) in [6.07, 6.45) is 6.68. The molecule has 0 radical (unpaired) electrons. The van der Waals surface area contributed by atoms with Gasteiger partial charge in [-0.2, -0.15) is 5.26 Å². The number of nitrogens with one attached hydrogen (secondary N) is 1. The van der Waals surface area contributed by atoms with Crippen LogP contribution in [0.15, 0.2) is 24.3 Å². The summed E-state index contributed by atoms with van der Waals surface area (Å²) in [6.45, 7) is 0.775. The molecular formula is C19H28N2O3P+. The molecule has 0 aromatic heterocycles. The molecule has 0 amide bonds. The van der Waals surface area contributed by atoms with Crippen molar-refractivity contribution in [1.82, 2.24) is 5.32 Å². The third-order valence-electron chi connectivity index (χ3n) is 4.67. The van der Waals surface area contributed by atoms with Crippen molar-refractivity contribution in [1.29, 1.82) is 5.26 Å². The number of nitriles is 1. The summed E-state index contributed by atoms with van der Waals surface area (Å²) in [5.74, 6) is 0.227. The molecule has 3 N–H and O–H groups in total. The van der Waals surface area contributed by atoms with Gasteiger partial charge in [-0.05, 0) is 49.4 Å².